The molecular formula is C13H19N3O3. The maximum Gasteiger partial charge on any atom is 0.270 e. The molecule has 6 nitrogen and oxygen atoms in total. The van der Waals surface area contributed by atoms with Gasteiger partial charge in [-0.3, -0.25) is 9.59 Å². The zero-order valence-electron chi connectivity index (χ0n) is 10.9. The van der Waals surface area contributed by atoms with E-state index in [1.165, 1.54) is 0 Å². The monoisotopic (exact) mass is 265 g/mol. The number of hydrogen-bond acceptors (Lipinski definition) is 4. The molecule has 1 saturated heterocycles. The van der Waals surface area contributed by atoms with Crippen LogP contribution in [0.4, 0.5) is 0 Å². The first-order valence-corrected chi connectivity index (χ1v) is 6.98. The van der Waals surface area contributed by atoms with Crippen molar-refractivity contribution in [3.8, 4) is 0 Å². The number of hydrogen-bond donors (Lipinski definition) is 1. The zero-order chi connectivity index (χ0) is 13.2. The van der Waals surface area contributed by atoms with E-state index in [2.05, 4.69) is 10.5 Å². The minimum atomic E-state index is -0.112. The van der Waals surface area contributed by atoms with Crippen LogP contribution in [-0.4, -0.2) is 48.2 Å². The van der Waals surface area contributed by atoms with Crippen LogP contribution < -0.4 is 5.43 Å². The van der Waals surface area contributed by atoms with E-state index in [-0.39, 0.29) is 11.8 Å². The fourth-order valence-corrected chi connectivity index (χ4v) is 2.58. The highest BCUT2D eigenvalue weighted by molar-refractivity contribution is 6.39. The normalized spacial score (nSPS) is 26.8. The Balaban J connectivity index is 1.65. The lowest BCUT2D eigenvalue weighted by Gasteiger charge is -2.26. The molecular weight excluding hydrogens is 246 g/mol. The molecule has 0 bridgehead atoms. The van der Waals surface area contributed by atoms with E-state index in [1.807, 2.05) is 4.90 Å². The summed E-state index contributed by atoms with van der Waals surface area (Å²) in [6.07, 6.45) is 4.00. The highest BCUT2D eigenvalue weighted by Gasteiger charge is 2.37. The fraction of sp³-hybridized carbons (Fsp3) is 0.769. The predicted octanol–water partition coefficient (Wildman–Crippen LogP) is 0.280. The first-order valence-electron chi connectivity index (χ1n) is 6.98. The van der Waals surface area contributed by atoms with Crippen molar-refractivity contribution in [1.29, 1.82) is 0 Å². The number of carbonyl (C=O) groups excluding carboxylic acids is 2. The third-order valence-electron chi connectivity index (χ3n) is 3.88. The zero-order valence-corrected chi connectivity index (χ0v) is 10.9. The summed E-state index contributed by atoms with van der Waals surface area (Å²) in [7, 11) is 0. The Morgan fingerprint density at radius 1 is 1.37 bits per heavy atom. The molecule has 1 atom stereocenters. The lowest BCUT2D eigenvalue weighted by molar-refractivity contribution is -0.125. The highest BCUT2D eigenvalue weighted by Crippen LogP contribution is 2.29. The standard InChI is InChI=1S/C13H19N3O3/c17-12-4-3-11(14-15-12)13(18)16(10-1-2-10)7-9-5-6-19-8-9/h9-10H,1-8H2,(H,15,17)/t9-/m1/s1. The average molecular weight is 265 g/mol. The van der Waals surface area contributed by atoms with Crippen molar-refractivity contribution in [2.75, 3.05) is 19.8 Å². The van der Waals surface area contributed by atoms with Crippen LogP contribution in [0.1, 0.15) is 32.1 Å². The van der Waals surface area contributed by atoms with E-state index in [0.29, 0.717) is 30.5 Å². The molecule has 3 rings (SSSR count). The molecule has 0 aromatic carbocycles. The van der Waals surface area contributed by atoms with E-state index >= 15 is 0 Å². The molecule has 0 aromatic rings. The van der Waals surface area contributed by atoms with Crippen LogP contribution in [-0.2, 0) is 14.3 Å². The van der Waals surface area contributed by atoms with Crippen LogP contribution >= 0.6 is 0 Å². The second-order valence-electron chi connectivity index (χ2n) is 5.51. The predicted molar refractivity (Wildman–Crippen MR) is 68.5 cm³/mol. The highest BCUT2D eigenvalue weighted by atomic mass is 16.5. The quantitative estimate of drug-likeness (QED) is 0.793. The molecule has 1 saturated carbocycles. The Morgan fingerprint density at radius 3 is 2.79 bits per heavy atom. The summed E-state index contributed by atoms with van der Waals surface area (Å²) in [6.45, 7) is 2.31. The third kappa shape index (κ3) is 2.94. The summed E-state index contributed by atoms with van der Waals surface area (Å²) in [5, 5.41) is 3.91. The van der Waals surface area contributed by atoms with Gasteiger partial charge in [0.25, 0.3) is 5.91 Å². The van der Waals surface area contributed by atoms with Crippen LogP contribution in [0.2, 0.25) is 0 Å². The Kier molecular flexibility index (Phi) is 3.50. The average Bonchev–Trinajstić information content (AvgIpc) is 3.13. The van der Waals surface area contributed by atoms with Crippen molar-refractivity contribution < 1.29 is 14.3 Å². The van der Waals surface area contributed by atoms with Gasteiger partial charge < -0.3 is 9.64 Å². The molecule has 0 aromatic heterocycles. The molecule has 2 heterocycles. The number of carbonyl (C=O) groups is 2. The van der Waals surface area contributed by atoms with E-state index in [1.54, 1.807) is 0 Å². The summed E-state index contributed by atoms with van der Waals surface area (Å²) in [5.74, 6) is 0.330. The summed E-state index contributed by atoms with van der Waals surface area (Å²) in [6, 6.07) is 0.369. The summed E-state index contributed by atoms with van der Waals surface area (Å²) < 4.78 is 5.37. The van der Waals surface area contributed by atoms with Gasteiger partial charge in [-0.25, -0.2) is 5.43 Å². The van der Waals surface area contributed by atoms with Gasteiger partial charge in [0.05, 0.1) is 6.61 Å². The topological polar surface area (TPSA) is 71.0 Å². The minimum absolute atomic E-state index is 0.00519. The molecule has 0 radical (unpaired) electrons. The van der Waals surface area contributed by atoms with Gasteiger partial charge in [0, 0.05) is 38.0 Å². The van der Waals surface area contributed by atoms with Crippen molar-refractivity contribution in [1.82, 2.24) is 10.3 Å². The molecule has 3 aliphatic rings. The molecule has 2 aliphatic heterocycles. The number of ether oxygens (including phenoxy) is 1. The maximum absolute atomic E-state index is 12.5. The molecule has 104 valence electrons. The molecule has 2 amide bonds. The van der Waals surface area contributed by atoms with Crippen LogP contribution in [0.15, 0.2) is 5.10 Å². The second-order valence-corrected chi connectivity index (χ2v) is 5.51. The Morgan fingerprint density at radius 2 is 2.21 bits per heavy atom. The van der Waals surface area contributed by atoms with Gasteiger partial charge in [0.15, 0.2) is 0 Å². The van der Waals surface area contributed by atoms with Gasteiger partial charge in [-0.15, -0.1) is 0 Å². The van der Waals surface area contributed by atoms with Crippen molar-refractivity contribution in [3.63, 3.8) is 0 Å². The van der Waals surface area contributed by atoms with Crippen LogP contribution in [0.5, 0.6) is 0 Å². The first kappa shape index (κ1) is 12.6. The van der Waals surface area contributed by atoms with E-state index < -0.39 is 0 Å². The molecule has 1 N–H and O–H groups in total. The smallest absolute Gasteiger partial charge is 0.270 e. The van der Waals surface area contributed by atoms with Crippen molar-refractivity contribution in [2.45, 2.75) is 38.1 Å². The third-order valence-corrected chi connectivity index (χ3v) is 3.88. The number of nitrogens with zero attached hydrogens (tertiary/aromatic N) is 2. The van der Waals surface area contributed by atoms with Crippen molar-refractivity contribution in [2.24, 2.45) is 11.0 Å². The van der Waals surface area contributed by atoms with Gasteiger partial charge in [-0.2, -0.15) is 5.10 Å². The number of rotatable bonds is 4. The largest absolute Gasteiger partial charge is 0.381 e. The molecule has 1 aliphatic carbocycles. The Hall–Kier alpha value is -1.43. The fourth-order valence-electron chi connectivity index (χ4n) is 2.58. The Labute approximate surface area is 112 Å². The number of amides is 2. The minimum Gasteiger partial charge on any atom is -0.381 e. The second kappa shape index (κ2) is 5.28. The van der Waals surface area contributed by atoms with Crippen molar-refractivity contribution in [3.05, 3.63) is 0 Å². The van der Waals surface area contributed by atoms with Crippen LogP contribution in [0.25, 0.3) is 0 Å². The van der Waals surface area contributed by atoms with E-state index in [4.69, 9.17) is 4.74 Å². The van der Waals surface area contributed by atoms with Crippen LogP contribution in [0, 0.1) is 5.92 Å². The molecule has 19 heavy (non-hydrogen) atoms. The molecule has 0 unspecified atom stereocenters. The Bertz CT molecular complexity index is 411. The first-order chi connectivity index (χ1) is 9.24. The lowest BCUT2D eigenvalue weighted by atomic mass is 10.1. The maximum atomic E-state index is 12.5. The van der Waals surface area contributed by atoms with Gasteiger partial charge >= 0.3 is 0 Å². The number of nitrogens with one attached hydrogen (secondary N) is 1. The van der Waals surface area contributed by atoms with E-state index in [0.717, 1.165) is 39.0 Å². The molecule has 0 spiro atoms. The van der Waals surface area contributed by atoms with Crippen LogP contribution in [0.3, 0.4) is 0 Å². The molecule has 2 fully saturated rings. The summed E-state index contributed by atoms with van der Waals surface area (Å²) >= 11 is 0. The number of hydrazone groups is 1. The SMILES string of the molecule is O=C1CCC(C(=O)N(C[C@H]2CCOC2)C2CC2)=NN1. The molecule has 6 heteroatoms. The van der Waals surface area contributed by atoms with Gasteiger partial charge in [-0.05, 0) is 19.3 Å². The van der Waals surface area contributed by atoms with E-state index in [9.17, 15) is 9.59 Å². The van der Waals surface area contributed by atoms with Gasteiger partial charge in [0.2, 0.25) is 5.91 Å². The summed E-state index contributed by atoms with van der Waals surface area (Å²) in [5.41, 5.74) is 2.89. The van der Waals surface area contributed by atoms with Gasteiger partial charge in [0.1, 0.15) is 5.71 Å². The van der Waals surface area contributed by atoms with Gasteiger partial charge in [-0.1, -0.05) is 0 Å². The summed E-state index contributed by atoms with van der Waals surface area (Å²) in [4.78, 5) is 25.5. The lowest BCUT2D eigenvalue weighted by Crippen LogP contribution is -2.43. The van der Waals surface area contributed by atoms with Crippen molar-refractivity contribution >= 4 is 17.5 Å².